The van der Waals surface area contributed by atoms with Crippen LogP contribution in [0.2, 0.25) is 0 Å². The molecule has 0 radical (unpaired) electrons. The summed E-state index contributed by atoms with van der Waals surface area (Å²) in [5.74, 6) is 0.814. The van der Waals surface area contributed by atoms with Crippen LogP contribution < -0.4 is 5.32 Å². The predicted molar refractivity (Wildman–Crippen MR) is 80.9 cm³/mol. The first-order valence-electron chi connectivity index (χ1n) is 7.71. The highest BCUT2D eigenvalue weighted by Crippen LogP contribution is 2.36. The fourth-order valence-electron chi connectivity index (χ4n) is 3.37. The Balaban J connectivity index is 1.75. The zero-order chi connectivity index (χ0) is 15.0. The van der Waals surface area contributed by atoms with E-state index in [-0.39, 0.29) is 24.4 Å². The van der Waals surface area contributed by atoms with Gasteiger partial charge < -0.3 is 10.2 Å². The van der Waals surface area contributed by atoms with E-state index in [1.807, 2.05) is 6.07 Å². The third-order valence-corrected chi connectivity index (χ3v) is 4.49. The van der Waals surface area contributed by atoms with Crippen molar-refractivity contribution in [2.24, 2.45) is 5.92 Å². The van der Waals surface area contributed by atoms with Gasteiger partial charge in [0, 0.05) is 12.5 Å². The van der Waals surface area contributed by atoms with Crippen LogP contribution in [-0.2, 0) is 16.0 Å². The smallest absolute Gasteiger partial charge is 0.243 e. The maximum Gasteiger partial charge on any atom is 0.243 e. The van der Waals surface area contributed by atoms with E-state index >= 15 is 0 Å². The second-order valence-corrected chi connectivity index (χ2v) is 6.51. The molecule has 1 aromatic rings. The highest BCUT2D eigenvalue weighted by Gasteiger charge is 2.38. The standard InChI is InChI=1S/C17H22N2O2/c1-11(2)7-15-17(21)18-9-16(20)19(15)10-13-8-12-5-3-4-6-14(12)13/h3-6,11,13,15H,7-10H2,1-2H3,(H,18,21). The third kappa shape index (κ3) is 2.67. The molecule has 2 amide bonds. The Morgan fingerprint density at radius 3 is 2.76 bits per heavy atom. The molecule has 112 valence electrons. The molecule has 1 fully saturated rings. The summed E-state index contributed by atoms with van der Waals surface area (Å²) in [6.07, 6.45) is 1.74. The van der Waals surface area contributed by atoms with E-state index in [4.69, 9.17) is 0 Å². The Morgan fingerprint density at radius 1 is 1.29 bits per heavy atom. The summed E-state index contributed by atoms with van der Waals surface area (Å²) in [4.78, 5) is 26.1. The number of hydrogen-bond donors (Lipinski definition) is 1. The number of carbonyl (C=O) groups is 2. The van der Waals surface area contributed by atoms with E-state index in [1.165, 1.54) is 11.1 Å². The Hall–Kier alpha value is -1.84. The van der Waals surface area contributed by atoms with Crippen LogP contribution >= 0.6 is 0 Å². The van der Waals surface area contributed by atoms with Gasteiger partial charge in [0.1, 0.15) is 6.04 Å². The molecule has 4 heteroatoms. The summed E-state index contributed by atoms with van der Waals surface area (Å²) in [7, 11) is 0. The molecule has 1 aliphatic carbocycles. The van der Waals surface area contributed by atoms with Gasteiger partial charge in [0.05, 0.1) is 6.54 Å². The highest BCUT2D eigenvalue weighted by molar-refractivity contribution is 5.94. The third-order valence-electron chi connectivity index (χ3n) is 4.49. The highest BCUT2D eigenvalue weighted by atomic mass is 16.2. The SMILES string of the molecule is CC(C)CC1C(=O)NCC(=O)N1CC1Cc2ccccc21. The first-order valence-corrected chi connectivity index (χ1v) is 7.71. The van der Waals surface area contributed by atoms with Gasteiger partial charge in [0.2, 0.25) is 11.8 Å². The molecule has 1 saturated heterocycles. The zero-order valence-electron chi connectivity index (χ0n) is 12.6. The summed E-state index contributed by atoms with van der Waals surface area (Å²) in [5, 5.41) is 2.72. The van der Waals surface area contributed by atoms with Gasteiger partial charge >= 0.3 is 0 Å². The van der Waals surface area contributed by atoms with E-state index in [9.17, 15) is 9.59 Å². The van der Waals surface area contributed by atoms with Gasteiger partial charge in [0.25, 0.3) is 0 Å². The molecule has 1 N–H and O–H groups in total. The monoisotopic (exact) mass is 286 g/mol. The summed E-state index contributed by atoms with van der Waals surface area (Å²) < 4.78 is 0. The first-order chi connectivity index (χ1) is 10.1. The summed E-state index contributed by atoms with van der Waals surface area (Å²) >= 11 is 0. The molecule has 1 aromatic carbocycles. The number of piperazine rings is 1. The lowest BCUT2D eigenvalue weighted by Crippen LogP contribution is -2.59. The lowest BCUT2D eigenvalue weighted by Gasteiger charge is -2.41. The molecule has 2 unspecified atom stereocenters. The van der Waals surface area contributed by atoms with Crippen LogP contribution in [0, 0.1) is 5.92 Å². The van der Waals surface area contributed by atoms with Gasteiger partial charge in [-0.1, -0.05) is 38.1 Å². The lowest BCUT2D eigenvalue weighted by molar-refractivity contribution is -0.146. The Bertz CT molecular complexity index is 568. The number of fused-ring (bicyclic) bond motifs is 1. The van der Waals surface area contributed by atoms with Crippen molar-refractivity contribution in [2.75, 3.05) is 13.1 Å². The van der Waals surface area contributed by atoms with Gasteiger partial charge in [-0.3, -0.25) is 9.59 Å². The van der Waals surface area contributed by atoms with Gasteiger partial charge in [-0.05, 0) is 29.9 Å². The van der Waals surface area contributed by atoms with E-state index in [1.54, 1.807) is 4.90 Å². The number of nitrogens with zero attached hydrogens (tertiary/aromatic N) is 1. The van der Waals surface area contributed by atoms with Crippen LogP contribution in [-0.4, -0.2) is 35.8 Å². The largest absolute Gasteiger partial charge is 0.345 e. The van der Waals surface area contributed by atoms with Crippen LogP contribution in [0.5, 0.6) is 0 Å². The minimum absolute atomic E-state index is 0.00379. The van der Waals surface area contributed by atoms with Crippen molar-refractivity contribution in [1.29, 1.82) is 0 Å². The molecular weight excluding hydrogens is 264 g/mol. The Kier molecular flexibility index (Phi) is 3.70. The summed E-state index contributed by atoms with van der Waals surface area (Å²) in [6, 6.07) is 8.06. The second kappa shape index (κ2) is 5.51. The van der Waals surface area contributed by atoms with Crippen LogP contribution in [0.15, 0.2) is 24.3 Å². The van der Waals surface area contributed by atoms with Crippen LogP contribution in [0.4, 0.5) is 0 Å². The van der Waals surface area contributed by atoms with E-state index in [0.29, 0.717) is 18.4 Å². The van der Waals surface area contributed by atoms with Gasteiger partial charge in [0.15, 0.2) is 0 Å². The summed E-state index contributed by atoms with van der Waals surface area (Å²) in [6.45, 7) is 4.98. The maximum atomic E-state index is 12.2. The van der Waals surface area contributed by atoms with Crippen molar-refractivity contribution < 1.29 is 9.59 Å². The van der Waals surface area contributed by atoms with Gasteiger partial charge in [-0.25, -0.2) is 0 Å². The minimum atomic E-state index is -0.306. The molecule has 1 aliphatic heterocycles. The quantitative estimate of drug-likeness (QED) is 0.916. The number of hydrogen-bond acceptors (Lipinski definition) is 2. The Labute approximate surface area is 125 Å². The second-order valence-electron chi connectivity index (χ2n) is 6.51. The molecule has 1 heterocycles. The average Bonchev–Trinajstić information content (AvgIpc) is 2.42. The molecule has 2 aliphatic rings. The summed E-state index contributed by atoms with van der Waals surface area (Å²) in [5.41, 5.74) is 2.70. The minimum Gasteiger partial charge on any atom is -0.345 e. The fourth-order valence-corrected chi connectivity index (χ4v) is 3.37. The molecule has 3 rings (SSSR count). The van der Waals surface area contributed by atoms with Gasteiger partial charge in [-0.2, -0.15) is 0 Å². The van der Waals surface area contributed by atoms with Crippen molar-refractivity contribution in [3.05, 3.63) is 35.4 Å². The first kappa shape index (κ1) is 14.1. The van der Waals surface area contributed by atoms with Crippen molar-refractivity contribution in [3.63, 3.8) is 0 Å². The molecule has 0 bridgehead atoms. The predicted octanol–water partition coefficient (Wildman–Crippen LogP) is 1.70. The van der Waals surface area contributed by atoms with Crippen LogP contribution in [0.25, 0.3) is 0 Å². The molecule has 0 aromatic heterocycles. The molecule has 4 nitrogen and oxygen atoms in total. The molecule has 21 heavy (non-hydrogen) atoms. The molecule has 0 spiro atoms. The van der Waals surface area contributed by atoms with Gasteiger partial charge in [-0.15, -0.1) is 0 Å². The number of carbonyl (C=O) groups excluding carboxylic acids is 2. The number of nitrogens with one attached hydrogen (secondary N) is 1. The van der Waals surface area contributed by atoms with Crippen LogP contribution in [0.1, 0.15) is 37.3 Å². The zero-order valence-corrected chi connectivity index (χ0v) is 12.6. The molecular formula is C17H22N2O2. The lowest BCUT2D eigenvalue weighted by atomic mass is 9.77. The molecule has 0 saturated carbocycles. The number of benzene rings is 1. The topological polar surface area (TPSA) is 49.4 Å². The van der Waals surface area contributed by atoms with Crippen molar-refractivity contribution in [2.45, 2.75) is 38.6 Å². The fraction of sp³-hybridized carbons (Fsp3) is 0.529. The van der Waals surface area contributed by atoms with E-state index in [2.05, 4.69) is 37.4 Å². The van der Waals surface area contributed by atoms with Crippen molar-refractivity contribution in [1.82, 2.24) is 10.2 Å². The van der Waals surface area contributed by atoms with Crippen molar-refractivity contribution >= 4 is 11.8 Å². The Morgan fingerprint density at radius 2 is 2.05 bits per heavy atom. The van der Waals surface area contributed by atoms with E-state index < -0.39 is 0 Å². The van der Waals surface area contributed by atoms with Crippen LogP contribution in [0.3, 0.4) is 0 Å². The van der Waals surface area contributed by atoms with E-state index in [0.717, 1.165) is 12.8 Å². The average molecular weight is 286 g/mol. The number of rotatable bonds is 4. The number of amides is 2. The molecule has 2 atom stereocenters. The van der Waals surface area contributed by atoms with Crippen molar-refractivity contribution in [3.8, 4) is 0 Å². The normalized spacial score (nSPS) is 24.6. The maximum absolute atomic E-state index is 12.2.